The van der Waals surface area contributed by atoms with Gasteiger partial charge in [0, 0.05) is 27.6 Å². The molecular formula is C67H45NO. The lowest BCUT2D eigenvalue weighted by Crippen LogP contribution is -2.28. The van der Waals surface area contributed by atoms with Crippen LogP contribution in [0.15, 0.2) is 277 Å². The summed E-state index contributed by atoms with van der Waals surface area (Å²) in [6, 6.07) is 99.5. The van der Waals surface area contributed by atoms with Gasteiger partial charge in [-0.3, -0.25) is 0 Å². The van der Waals surface area contributed by atoms with Crippen LogP contribution in [0.1, 0.15) is 22.3 Å². The molecule has 0 spiro atoms. The van der Waals surface area contributed by atoms with Crippen LogP contribution in [0.25, 0.3) is 77.6 Å². The SMILES string of the molecule is c1ccc(-c2ccccc2-c2c(-c3ccccc3)cccc2N(c2ccc(-c3ccc4oc5ccccc5c4c3)cc2)c2cccc3c2-c2ccccc2C3(c2ccccc2)c2ccccc2)cc1. The van der Waals surface area contributed by atoms with E-state index in [9.17, 15) is 0 Å². The molecule has 0 saturated heterocycles. The molecule has 13 rings (SSSR count). The van der Waals surface area contributed by atoms with Gasteiger partial charge in [-0.1, -0.05) is 231 Å². The Morgan fingerprint density at radius 1 is 0.290 bits per heavy atom. The zero-order valence-corrected chi connectivity index (χ0v) is 37.8. The molecule has 0 fully saturated rings. The number of furan rings is 1. The van der Waals surface area contributed by atoms with Gasteiger partial charge in [0.1, 0.15) is 11.2 Å². The molecule has 0 radical (unpaired) electrons. The van der Waals surface area contributed by atoms with Crippen molar-refractivity contribution in [2.24, 2.45) is 0 Å². The van der Waals surface area contributed by atoms with Crippen molar-refractivity contribution < 1.29 is 4.42 Å². The van der Waals surface area contributed by atoms with E-state index in [2.05, 4.69) is 266 Å². The van der Waals surface area contributed by atoms with Crippen LogP contribution in [0.4, 0.5) is 17.1 Å². The lowest BCUT2D eigenvalue weighted by molar-refractivity contribution is 0.669. The number of hydrogen-bond donors (Lipinski definition) is 0. The van der Waals surface area contributed by atoms with Crippen LogP contribution in [0.2, 0.25) is 0 Å². The van der Waals surface area contributed by atoms with Gasteiger partial charge >= 0.3 is 0 Å². The van der Waals surface area contributed by atoms with Crippen LogP contribution in [0.5, 0.6) is 0 Å². The van der Waals surface area contributed by atoms with E-state index in [-0.39, 0.29) is 0 Å². The van der Waals surface area contributed by atoms with Crippen LogP contribution < -0.4 is 4.90 Å². The Labute approximate surface area is 402 Å². The monoisotopic (exact) mass is 879 g/mol. The molecule has 2 heteroatoms. The molecule has 0 atom stereocenters. The topological polar surface area (TPSA) is 16.4 Å². The molecule has 1 aliphatic rings. The van der Waals surface area contributed by atoms with Gasteiger partial charge in [-0.05, 0) is 109 Å². The molecule has 1 aliphatic carbocycles. The largest absolute Gasteiger partial charge is 0.456 e. The van der Waals surface area contributed by atoms with Crippen LogP contribution in [0.3, 0.4) is 0 Å². The first-order chi connectivity index (χ1) is 34.3. The average Bonchev–Trinajstić information content (AvgIpc) is 3.96. The zero-order valence-electron chi connectivity index (χ0n) is 37.8. The Morgan fingerprint density at radius 3 is 1.48 bits per heavy atom. The van der Waals surface area contributed by atoms with Crippen molar-refractivity contribution in [3.8, 4) is 55.6 Å². The van der Waals surface area contributed by atoms with Crippen molar-refractivity contribution in [1.82, 2.24) is 0 Å². The minimum Gasteiger partial charge on any atom is -0.456 e. The van der Waals surface area contributed by atoms with E-state index < -0.39 is 5.41 Å². The van der Waals surface area contributed by atoms with E-state index in [1.807, 2.05) is 12.1 Å². The van der Waals surface area contributed by atoms with E-state index in [1.165, 1.54) is 44.5 Å². The fraction of sp³-hybridized carbons (Fsp3) is 0.0149. The van der Waals surface area contributed by atoms with E-state index in [4.69, 9.17) is 4.42 Å². The highest BCUT2D eigenvalue weighted by Gasteiger charge is 2.47. The Balaban J connectivity index is 1.10. The smallest absolute Gasteiger partial charge is 0.135 e. The number of para-hydroxylation sites is 1. The quantitative estimate of drug-likeness (QED) is 0.144. The molecular weight excluding hydrogens is 835 g/mol. The van der Waals surface area contributed by atoms with E-state index in [1.54, 1.807) is 0 Å². The molecule has 12 aromatic rings. The minimum absolute atomic E-state index is 0.565. The fourth-order valence-electron chi connectivity index (χ4n) is 11.2. The van der Waals surface area contributed by atoms with Crippen molar-refractivity contribution in [3.63, 3.8) is 0 Å². The molecule has 0 amide bonds. The van der Waals surface area contributed by atoms with Gasteiger partial charge in [0.05, 0.1) is 16.8 Å². The maximum absolute atomic E-state index is 6.24. The molecule has 2 nitrogen and oxygen atoms in total. The molecule has 0 unspecified atom stereocenters. The van der Waals surface area contributed by atoms with Gasteiger partial charge in [0.25, 0.3) is 0 Å². The van der Waals surface area contributed by atoms with Crippen molar-refractivity contribution in [2.45, 2.75) is 5.41 Å². The summed E-state index contributed by atoms with van der Waals surface area (Å²) in [4.78, 5) is 2.53. The summed E-state index contributed by atoms with van der Waals surface area (Å²) in [5.74, 6) is 0. The average molecular weight is 880 g/mol. The second-order valence-electron chi connectivity index (χ2n) is 17.9. The molecule has 324 valence electrons. The van der Waals surface area contributed by atoms with Gasteiger partial charge in [0.2, 0.25) is 0 Å². The van der Waals surface area contributed by atoms with Crippen LogP contribution in [-0.4, -0.2) is 0 Å². The Bertz CT molecular complexity index is 3780. The number of hydrogen-bond acceptors (Lipinski definition) is 2. The predicted octanol–water partition coefficient (Wildman–Crippen LogP) is 18.1. The first-order valence-corrected chi connectivity index (χ1v) is 23.8. The van der Waals surface area contributed by atoms with E-state index in [0.717, 1.165) is 72.4 Å². The summed E-state index contributed by atoms with van der Waals surface area (Å²) in [5, 5.41) is 2.24. The van der Waals surface area contributed by atoms with Crippen molar-refractivity contribution in [1.29, 1.82) is 0 Å². The van der Waals surface area contributed by atoms with Gasteiger partial charge in [-0.2, -0.15) is 0 Å². The first-order valence-electron chi connectivity index (χ1n) is 23.8. The summed E-state index contributed by atoms with van der Waals surface area (Å²) in [6.45, 7) is 0. The van der Waals surface area contributed by atoms with Gasteiger partial charge < -0.3 is 9.32 Å². The Morgan fingerprint density at radius 2 is 0.783 bits per heavy atom. The summed E-state index contributed by atoms with van der Waals surface area (Å²) < 4.78 is 6.24. The number of nitrogens with zero attached hydrogens (tertiary/aromatic N) is 1. The van der Waals surface area contributed by atoms with Crippen molar-refractivity contribution in [2.75, 3.05) is 4.90 Å². The van der Waals surface area contributed by atoms with Crippen LogP contribution in [-0.2, 0) is 5.41 Å². The lowest BCUT2D eigenvalue weighted by atomic mass is 9.68. The van der Waals surface area contributed by atoms with Gasteiger partial charge in [-0.25, -0.2) is 0 Å². The normalized spacial score (nSPS) is 12.5. The molecule has 69 heavy (non-hydrogen) atoms. The highest BCUT2D eigenvalue weighted by atomic mass is 16.3. The summed E-state index contributed by atoms with van der Waals surface area (Å²) in [7, 11) is 0. The van der Waals surface area contributed by atoms with Crippen LogP contribution in [0, 0.1) is 0 Å². The molecule has 0 bridgehead atoms. The van der Waals surface area contributed by atoms with E-state index >= 15 is 0 Å². The molecule has 0 aliphatic heterocycles. The zero-order chi connectivity index (χ0) is 45.7. The van der Waals surface area contributed by atoms with Crippen molar-refractivity contribution >= 4 is 39.0 Å². The standard InChI is InChI=1S/C67H45NO/c1-5-21-47(22-6-1)53-29-13-14-31-56(53)65-54(48-23-7-2-8-24-48)33-19-36-61(65)68(52-42-39-46(40-43-52)49-41-44-64-58(45-49)55-30-16-18-38-63(55)69-64)62-37-20-35-60-66(62)57-32-15-17-34-59(57)67(60,50-25-9-3-10-26-50)51-27-11-4-12-28-51/h1-45H. The molecule has 11 aromatic carbocycles. The lowest BCUT2D eigenvalue weighted by Gasteiger charge is -2.35. The first kappa shape index (κ1) is 40.3. The number of anilines is 3. The van der Waals surface area contributed by atoms with Gasteiger partial charge in [-0.15, -0.1) is 0 Å². The Hall–Kier alpha value is -8.98. The highest BCUT2D eigenvalue weighted by molar-refractivity contribution is 6.07. The predicted molar refractivity (Wildman–Crippen MR) is 287 cm³/mol. The van der Waals surface area contributed by atoms with Gasteiger partial charge in [0.15, 0.2) is 0 Å². The second-order valence-corrected chi connectivity index (χ2v) is 17.9. The number of rotatable bonds is 9. The number of benzene rings is 11. The number of fused-ring (bicyclic) bond motifs is 6. The molecule has 1 heterocycles. The Kier molecular flexibility index (Phi) is 9.77. The third kappa shape index (κ3) is 6.56. The maximum Gasteiger partial charge on any atom is 0.135 e. The minimum atomic E-state index is -0.565. The maximum atomic E-state index is 6.24. The summed E-state index contributed by atoms with van der Waals surface area (Å²) >= 11 is 0. The fourth-order valence-corrected chi connectivity index (χ4v) is 11.2. The van der Waals surface area contributed by atoms with E-state index in [0.29, 0.717) is 0 Å². The molecule has 0 saturated carbocycles. The third-order valence-corrected chi connectivity index (χ3v) is 14.2. The second kappa shape index (κ2) is 16.7. The third-order valence-electron chi connectivity index (χ3n) is 14.2. The summed E-state index contributed by atoms with van der Waals surface area (Å²) in [5.41, 5.74) is 21.2. The molecule has 1 aromatic heterocycles. The van der Waals surface area contributed by atoms with Crippen molar-refractivity contribution in [3.05, 3.63) is 295 Å². The van der Waals surface area contributed by atoms with Crippen LogP contribution >= 0.6 is 0 Å². The summed E-state index contributed by atoms with van der Waals surface area (Å²) in [6.07, 6.45) is 0. The highest BCUT2D eigenvalue weighted by Crippen LogP contribution is 2.60. The molecule has 0 N–H and O–H groups in total.